The third-order valence-corrected chi connectivity index (χ3v) is 2.94. The first-order valence-corrected chi connectivity index (χ1v) is 5.96. The lowest BCUT2D eigenvalue weighted by Gasteiger charge is -2.12. The van der Waals surface area contributed by atoms with E-state index < -0.39 is 5.63 Å². The van der Waals surface area contributed by atoms with Crippen LogP contribution in [0.15, 0.2) is 33.5 Å². The van der Waals surface area contributed by atoms with E-state index in [1.54, 1.807) is 12.1 Å². The number of likely N-dealkylation sites (N-methyl/N-ethyl adjacent to an activating group) is 1. The summed E-state index contributed by atoms with van der Waals surface area (Å²) < 4.78 is 5.27. The molecule has 0 atom stereocenters. The molecular weight excluding hydrogens is 244 g/mol. The number of rotatable bonds is 3. The number of hydrogen-bond acceptors (Lipinski definition) is 4. The summed E-state index contributed by atoms with van der Waals surface area (Å²) in [6.45, 7) is 0. The van der Waals surface area contributed by atoms with Crippen LogP contribution in [0, 0.1) is 0 Å². The van der Waals surface area contributed by atoms with E-state index in [0.29, 0.717) is 11.1 Å². The molecule has 2 rings (SSSR count). The zero-order valence-corrected chi connectivity index (χ0v) is 11.2. The molecule has 0 aliphatic rings. The van der Waals surface area contributed by atoms with E-state index in [2.05, 4.69) is 5.32 Å². The number of anilines is 1. The normalized spacial score (nSPS) is 10.5. The van der Waals surface area contributed by atoms with Crippen molar-refractivity contribution < 1.29 is 9.21 Å². The van der Waals surface area contributed by atoms with Gasteiger partial charge in [-0.2, -0.15) is 0 Å². The molecule has 0 radical (unpaired) electrons. The van der Waals surface area contributed by atoms with Crippen molar-refractivity contribution in [3.63, 3.8) is 0 Å². The smallest absolute Gasteiger partial charge is 0.339 e. The molecule has 0 spiro atoms. The Labute approximate surface area is 110 Å². The van der Waals surface area contributed by atoms with Gasteiger partial charge in [0.25, 0.3) is 0 Å². The summed E-state index contributed by atoms with van der Waals surface area (Å²) in [5, 5.41) is 3.30. The number of benzene rings is 1. The van der Waals surface area contributed by atoms with Crippen LogP contribution >= 0.6 is 0 Å². The van der Waals surface area contributed by atoms with E-state index in [-0.39, 0.29) is 12.3 Å². The molecule has 5 nitrogen and oxygen atoms in total. The van der Waals surface area contributed by atoms with Gasteiger partial charge < -0.3 is 14.6 Å². The van der Waals surface area contributed by atoms with Crippen LogP contribution in [0.3, 0.4) is 0 Å². The van der Waals surface area contributed by atoms with Gasteiger partial charge in [-0.3, -0.25) is 4.79 Å². The Kier molecular flexibility index (Phi) is 3.55. The van der Waals surface area contributed by atoms with Gasteiger partial charge in [0.2, 0.25) is 5.91 Å². The molecule has 0 bridgehead atoms. The van der Waals surface area contributed by atoms with Crippen molar-refractivity contribution in [2.45, 2.75) is 6.42 Å². The lowest BCUT2D eigenvalue weighted by Crippen LogP contribution is -2.23. The third-order valence-electron chi connectivity index (χ3n) is 2.94. The highest BCUT2D eigenvalue weighted by atomic mass is 16.4. The molecule has 5 heteroatoms. The molecule has 1 N–H and O–H groups in total. The standard InChI is InChI=1S/C14H16N2O3/c1-15-13(17)7-10-6-9-4-5-11(16(2)3)8-12(9)19-14(10)18/h4-6,8H,7H2,1-3H3,(H,15,17). The maximum absolute atomic E-state index is 11.8. The summed E-state index contributed by atoms with van der Waals surface area (Å²) in [5.41, 5.74) is 1.38. The first-order valence-electron chi connectivity index (χ1n) is 5.96. The van der Waals surface area contributed by atoms with Gasteiger partial charge in [-0.05, 0) is 18.2 Å². The SMILES string of the molecule is CNC(=O)Cc1cc2ccc(N(C)C)cc2oc1=O. The number of nitrogens with one attached hydrogen (secondary N) is 1. The molecule has 19 heavy (non-hydrogen) atoms. The summed E-state index contributed by atoms with van der Waals surface area (Å²) in [6.07, 6.45) is 0.0319. The molecule has 0 unspecified atom stereocenters. The van der Waals surface area contributed by atoms with Crippen LogP contribution in [-0.2, 0) is 11.2 Å². The van der Waals surface area contributed by atoms with Gasteiger partial charge in [0.1, 0.15) is 5.58 Å². The van der Waals surface area contributed by atoms with Crippen molar-refractivity contribution in [2.75, 3.05) is 26.0 Å². The summed E-state index contributed by atoms with van der Waals surface area (Å²) in [6, 6.07) is 7.32. The van der Waals surface area contributed by atoms with Gasteiger partial charge in [-0.25, -0.2) is 4.79 Å². The summed E-state index contributed by atoms with van der Waals surface area (Å²) in [7, 11) is 5.37. The van der Waals surface area contributed by atoms with Crippen LogP contribution in [-0.4, -0.2) is 27.1 Å². The summed E-state index contributed by atoms with van der Waals surface area (Å²) in [5.74, 6) is -0.212. The van der Waals surface area contributed by atoms with Gasteiger partial charge in [0, 0.05) is 43.8 Å². The van der Waals surface area contributed by atoms with Crippen molar-refractivity contribution in [1.82, 2.24) is 5.32 Å². The fraction of sp³-hybridized carbons (Fsp3) is 0.286. The Morgan fingerprint density at radius 3 is 2.68 bits per heavy atom. The van der Waals surface area contributed by atoms with E-state index >= 15 is 0 Å². The molecule has 1 aromatic heterocycles. The fourth-order valence-corrected chi connectivity index (χ4v) is 1.81. The van der Waals surface area contributed by atoms with E-state index in [4.69, 9.17) is 4.42 Å². The highest BCUT2D eigenvalue weighted by molar-refractivity contribution is 5.83. The number of fused-ring (bicyclic) bond motifs is 1. The molecule has 0 aliphatic carbocycles. The largest absolute Gasteiger partial charge is 0.422 e. The fourth-order valence-electron chi connectivity index (χ4n) is 1.81. The predicted molar refractivity (Wildman–Crippen MR) is 74.6 cm³/mol. The lowest BCUT2D eigenvalue weighted by atomic mass is 10.1. The van der Waals surface area contributed by atoms with Crippen LogP contribution in [0.25, 0.3) is 11.0 Å². The van der Waals surface area contributed by atoms with Crippen LogP contribution < -0.4 is 15.8 Å². The Hall–Kier alpha value is -2.30. The molecule has 2 aromatic rings. The van der Waals surface area contributed by atoms with Crippen LogP contribution in [0.2, 0.25) is 0 Å². The molecule has 0 aliphatic heterocycles. The average Bonchev–Trinajstić information content (AvgIpc) is 2.38. The number of carbonyl (C=O) groups is 1. The second-order valence-corrected chi connectivity index (χ2v) is 4.53. The Morgan fingerprint density at radius 1 is 1.32 bits per heavy atom. The molecule has 1 aromatic carbocycles. The van der Waals surface area contributed by atoms with E-state index in [1.165, 1.54) is 7.05 Å². The highest BCUT2D eigenvalue weighted by Crippen LogP contribution is 2.20. The number of hydrogen-bond donors (Lipinski definition) is 1. The van der Waals surface area contributed by atoms with Crippen molar-refractivity contribution in [2.24, 2.45) is 0 Å². The predicted octanol–water partition coefficient (Wildman–Crippen LogP) is 1.15. The van der Waals surface area contributed by atoms with E-state index in [0.717, 1.165) is 11.1 Å². The Bertz CT molecular complexity index is 674. The third kappa shape index (κ3) is 2.76. The summed E-state index contributed by atoms with van der Waals surface area (Å²) >= 11 is 0. The van der Waals surface area contributed by atoms with Gasteiger partial charge in [-0.1, -0.05) is 0 Å². The molecule has 1 amide bonds. The second-order valence-electron chi connectivity index (χ2n) is 4.53. The monoisotopic (exact) mass is 260 g/mol. The van der Waals surface area contributed by atoms with Crippen molar-refractivity contribution in [3.05, 3.63) is 40.2 Å². The Balaban J connectivity index is 2.49. The number of amides is 1. The summed E-state index contributed by atoms with van der Waals surface area (Å²) in [4.78, 5) is 25.0. The maximum Gasteiger partial charge on any atom is 0.339 e. The molecule has 0 saturated heterocycles. The van der Waals surface area contributed by atoms with E-state index in [1.807, 2.05) is 31.1 Å². The molecule has 0 fully saturated rings. The van der Waals surface area contributed by atoms with Crippen molar-refractivity contribution in [3.8, 4) is 0 Å². The first-order chi connectivity index (χ1) is 9.01. The molecular formula is C14H16N2O3. The maximum atomic E-state index is 11.8. The quantitative estimate of drug-likeness (QED) is 0.841. The number of nitrogens with zero attached hydrogens (tertiary/aromatic N) is 1. The van der Waals surface area contributed by atoms with Gasteiger partial charge in [0.05, 0.1) is 6.42 Å². The molecule has 100 valence electrons. The zero-order chi connectivity index (χ0) is 14.0. The molecule has 1 heterocycles. The minimum absolute atomic E-state index is 0.0319. The van der Waals surface area contributed by atoms with Crippen LogP contribution in [0.5, 0.6) is 0 Å². The van der Waals surface area contributed by atoms with Crippen molar-refractivity contribution in [1.29, 1.82) is 0 Å². The Morgan fingerprint density at radius 2 is 2.05 bits per heavy atom. The topological polar surface area (TPSA) is 62.6 Å². The highest BCUT2D eigenvalue weighted by Gasteiger charge is 2.09. The van der Waals surface area contributed by atoms with Crippen LogP contribution in [0.1, 0.15) is 5.56 Å². The van der Waals surface area contributed by atoms with Crippen molar-refractivity contribution >= 4 is 22.6 Å². The van der Waals surface area contributed by atoms with Crippen LogP contribution in [0.4, 0.5) is 5.69 Å². The minimum Gasteiger partial charge on any atom is -0.422 e. The van der Waals surface area contributed by atoms with Gasteiger partial charge in [0.15, 0.2) is 0 Å². The van der Waals surface area contributed by atoms with Gasteiger partial charge >= 0.3 is 5.63 Å². The lowest BCUT2D eigenvalue weighted by molar-refractivity contribution is -0.119. The number of carbonyl (C=O) groups excluding carboxylic acids is 1. The average molecular weight is 260 g/mol. The second kappa shape index (κ2) is 5.14. The minimum atomic E-state index is -0.466. The zero-order valence-electron chi connectivity index (χ0n) is 11.2. The van der Waals surface area contributed by atoms with Gasteiger partial charge in [-0.15, -0.1) is 0 Å². The molecule has 0 saturated carbocycles. The first kappa shape index (κ1) is 13.1. The van der Waals surface area contributed by atoms with E-state index in [9.17, 15) is 9.59 Å².